The van der Waals surface area contributed by atoms with Crippen molar-refractivity contribution in [2.75, 3.05) is 39.8 Å². The number of hydrogen-bond donors (Lipinski definition) is 2. The van der Waals surface area contributed by atoms with Gasteiger partial charge in [0.05, 0.1) is 0 Å². The van der Waals surface area contributed by atoms with Gasteiger partial charge in [-0.05, 0) is 58.8 Å². The second kappa shape index (κ2) is 11.2. The number of ether oxygens (including phenoxy) is 1. The Balaban J connectivity index is 1.36. The molecule has 2 aliphatic heterocycles. The van der Waals surface area contributed by atoms with Crippen molar-refractivity contribution in [3.05, 3.63) is 0 Å². The van der Waals surface area contributed by atoms with Crippen molar-refractivity contribution in [3.63, 3.8) is 0 Å². The van der Waals surface area contributed by atoms with Crippen LogP contribution in [-0.4, -0.2) is 79.2 Å². The number of piperidine rings is 1. The predicted octanol–water partition coefficient (Wildman–Crippen LogP) is 2.98. The summed E-state index contributed by atoms with van der Waals surface area (Å²) in [6.07, 6.45) is 8.44. The molecule has 8 heteroatoms. The number of nitrogens with zero attached hydrogens (tertiary/aromatic N) is 3. The van der Waals surface area contributed by atoms with Crippen LogP contribution in [0.3, 0.4) is 0 Å². The van der Waals surface area contributed by atoms with Gasteiger partial charge in [0, 0.05) is 51.7 Å². The van der Waals surface area contributed by atoms with Crippen molar-refractivity contribution in [2.24, 2.45) is 16.8 Å². The monoisotopic (exact) mass is 449 g/mol. The van der Waals surface area contributed by atoms with E-state index in [0.29, 0.717) is 11.8 Å². The normalized spacial score (nSPS) is 23.9. The number of nitrogens with one attached hydrogen (secondary N) is 2. The molecule has 8 nitrogen and oxygen atoms in total. The van der Waals surface area contributed by atoms with Crippen LogP contribution in [0.1, 0.15) is 72.1 Å². The number of rotatable bonds is 4. The van der Waals surface area contributed by atoms with Crippen LogP contribution in [-0.2, 0) is 9.53 Å². The van der Waals surface area contributed by atoms with E-state index in [1.165, 1.54) is 19.3 Å². The number of aliphatic imine (C=N–C) groups is 1. The van der Waals surface area contributed by atoms with Gasteiger partial charge in [0.1, 0.15) is 5.60 Å². The van der Waals surface area contributed by atoms with Gasteiger partial charge in [0.25, 0.3) is 0 Å². The molecule has 3 rings (SSSR count). The molecule has 0 aromatic rings. The highest BCUT2D eigenvalue weighted by molar-refractivity contribution is 5.81. The van der Waals surface area contributed by atoms with Gasteiger partial charge in [0.2, 0.25) is 5.91 Å². The van der Waals surface area contributed by atoms with Crippen molar-refractivity contribution in [3.8, 4) is 0 Å². The number of amides is 2. The molecule has 1 aliphatic carbocycles. The zero-order valence-corrected chi connectivity index (χ0v) is 20.5. The molecule has 0 aromatic carbocycles. The molecule has 0 spiro atoms. The van der Waals surface area contributed by atoms with E-state index in [4.69, 9.17) is 4.74 Å². The fourth-order valence-electron chi connectivity index (χ4n) is 4.96. The Morgan fingerprint density at radius 1 is 0.969 bits per heavy atom. The van der Waals surface area contributed by atoms with Gasteiger partial charge in [-0.25, -0.2) is 4.79 Å². The molecular formula is C24H43N5O3. The Kier molecular flexibility index (Phi) is 8.65. The maximum absolute atomic E-state index is 12.8. The number of carbonyl (C=O) groups is 2. The van der Waals surface area contributed by atoms with Gasteiger partial charge in [-0.3, -0.25) is 9.79 Å². The summed E-state index contributed by atoms with van der Waals surface area (Å²) in [4.78, 5) is 33.3. The van der Waals surface area contributed by atoms with Crippen molar-refractivity contribution in [1.82, 2.24) is 20.4 Å². The van der Waals surface area contributed by atoms with Crippen molar-refractivity contribution in [1.29, 1.82) is 0 Å². The average molecular weight is 450 g/mol. The van der Waals surface area contributed by atoms with E-state index in [2.05, 4.69) is 15.6 Å². The Bertz CT molecular complexity index is 661. The highest BCUT2D eigenvalue weighted by Crippen LogP contribution is 2.27. The zero-order valence-electron chi connectivity index (χ0n) is 20.5. The summed E-state index contributed by atoms with van der Waals surface area (Å²) in [5.74, 6) is 1.90. The molecule has 1 atom stereocenters. The molecule has 0 radical (unpaired) electrons. The van der Waals surface area contributed by atoms with Crippen LogP contribution in [0, 0.1) is 11.8 Å². The molecule has 1 saturated carbocycles. The fourth-order valence-corrected chi connectivity index (χ4v) is 4.96. The van der Waals surface area contributed by atoms with Crippen LogP contribution in [0.25, 0.3) is 0 Å². The van der Waals surface area contributed by atoms with Crippen LogP contribution in [0.15, 0.2) is 4.99 Å². The van der Waals surface area contributed by atoms with E-state index in [1.54, 1.807) is 7.05 Å². The first-order valence-corrected chi connectivity index (χ1v) is 12.5. The third-order valence-corrected chi connectivity index (χ3v) is 6.84. The van der Waals surface area contributed by atoms with Crippen molar-refractivity contribution < 1.29 is 14.3 Å². The first-order valence-electron chi connectivity index (χ1n) is 12.5. The lowest BCUT2D eigenvalue weighted by Crippen LogP contribution is -2.48. The van der Waals surface area contributed by atoms with Crippen molar-refractivity contribution in [2.45, 2.75) is 83.8 Å². The molecule has 32 heavy (non-hydrogen) atoms. The van der Waals surface area contributed by atoms with E-state index in [1.807, 2.05) is 30.6 Å². The third kappa shape index (κ3) is 7.27. The van der Waals surface area contributed by atoms with Gasteiger partial charge in [-0.15, -0.1) is 0 Å². The zero-order chi connectivity index (χ0) is 23.1. The second-order valence-corrected chi connectivity index (χ2v) is 10.6. The van der Waals surface area contributed by atoms with E-state index in [9.17, 15) is 9.59 Å². The molecule has 2 amide bonds. The molecule has 2 N–H and O–H groups in total. The lowest BCUT2D eigenvalue weighted by Gasteiger charge is -2.33. The topological polar surface area (TPSA) is 86.3 Å². The van der Waals surface area contributed by atoms with Gasteiger partial charge in [0.15, 0.2) is 5.96 Å². The number of hydrogen-bond acceptors (Lipinski definition) is 4. The number of likely N-dealkylation sites (tertiary alicyclic amines) is 2. The lowest BCUT2D eigenvalue weighted by molar-refractivity contribution is -0.135. The Morgan fingerprint density at radius 3 is 2.25 bits per heavy atom. The summed E-state index contributed by atoms with van der Waals surface area (Å²) >= 11 is 0. The maximum atomic E-state index is 12.8. The molecule has 1 unspecified atom stereocenters. The summed E-state index contributed by atoms with van der Waals surface area (Å²) < 4.78 is 5.48. The molecule has 2 heterocycles. The van der Waals surface area contributed by atoms with E-state index < -0.39 is 5.60 Å². The summed E-state index contributed by atoms with van der Waals surface area (Å²) in [5, 5.41) is 6.96. The Hall–Kier alpha value is -1.99. The minimum atomic E-state index is -0.454. The lowest BCUT2D eigenvalue weighted by atomic mass is 9.88. The molecule has 3 aliphatic rings. The Labute approximate surface area is 193 Å². The second-order valence-electron chi connectivity index (χ2n) is 10.6. The van der Waals surface area contributed by atoms with Crippen LogP contribution < -0.4 is 10.6 Å². The van der Waals surface area contributed by atoms with Crippen LogP contribution in [0.2, 0.25) is 0 Å². The van der Waals surface area contributed by atoms with Gasteiger partial charge >= 0.3 is 6.09 Å². The molecule has 2 saturated heterocycles. The standard InChI is InChI=1S/C24H43N5O3/c1-24(2,3)32-23(31)28-13-10-18(11-14-28)16-26-22(25-4)27-20-12-15-29(17-20)21(30)19-8-6-5-7-9-19/h18-20H,5-17H2,1-4H3,(H2,25,26,27). The average Bonchev–Trinajstić information content (AvgIpc) is 3.24. The minimum Gasteiger partial charge on any atom is -0.444 e. The summed E-state index contributed by atoms with van der Waals surface area (Å²) in [5.41, 5.74) is -0.454. The summed E-state index contributed by atoms with van der Waals surface area (Å²) in [7, 11) is 1.79. The molecule has 182 valence electrons. The first kappa shape index (κ1) is 24.6. The largest absolute Gasteiger partial charge is 0.444 e. The smallest absolute Gasteiger partial charge is 0.410 e. The predicted molar refractivity (Wildman–Crippen MR) is 127 cm³/mol. The third-order valence-electron chi connectivity index (χ3n) is 6.84. The highest BCUT2D eigenvalue weighted by Gasteiger charge is 2.32. The van der Waals surface area contributed by atoms with E-state index >= 15 is 0 Å². The molecular weight excluding hydrogens is 406 g/mol. The van der Waals surface area contributed by atoms with Gasteiger partial charge in [-0.1, -0.05) is 19.3 Å². The van der Waals surface area contributed by atoms with Gasteiger partial charge in [-0.2, -0.15) is 0 Å². The molecule has 3 fully saturated rings. The minimum absolute atomic E-state index is 0.213. The Morgan fingerprint density at radius 2 is 1.62 bits per heavy atom. The summed E-state index contributed by atoms with van der Waals surface area (Å²) in [6.45, 7) is 9.60. The number of carbonyl (C=O) groups excluding carboxylic acids is 2. The first-order chi connectivity index (χ1) is 15.2. The molecule has 0 aromatic heterocycles. The number of guanidine groups is 1. The quantitative estimate of drug-likeness (QED) is 0.509. The van der Waals surface area contributed by atoms with Gasteiger partial charge < -0.3 is 25.2 Å². The summed E-state index contributed by atoms with van der Waals surface area (Å²) in [6, 6.07) is 0.253. The van der Waals surface area contributed by atoms with E-state index in [0.717, 1.165) is 70.8 Å². The van der Waals surface area contributed by atoms with E-state index in [-0.39, 0.29) is 18.1 Å². The molecule has 0 bridgehead atoms. The SMILES string of the molecule is CN=C(NCC1CCN(C(=O)OC(C)(C)C)CC1)NC1CCN(C(=O)C2CCCCC2)C1. The fraction of sp³-hybridized carbons (Fsp3) is 0.875. The maximum Gasteiger partial charge on any atom is 0.410 e. The van der Waals surface area contributed by atoms with Crippen LogP contribution >= 0.6 is 0 Å². The highest BCUT2D eigenvalue weighted by atomic mass is 16.6. The van der Waals surface area contributed by atoms with Crippen LogP contribution in [0.4, 0.5) is 4.79 Å². The van der Waals surface area contributed by atoms with Crippen LogP contribution in [0.5, 0.6) is 0 Å². The van der Waals surface area contributed by atoms with Crippen molar-refractivity contribution >= 4 is 18.0 Å².